The molecule has 0 saturated heterocycles. The number of pyridine rings is 2. The summed E-state index contributed by atoms with van der Waals surface area (Å²) in [6.45, 7) is 0. The molecule has 0 aliphatic carbocycles. The fraction of sp³-hybridized carbons (Fsp3) is 0.0800. The highest BCUT2D eigenvalue weighted by Crippen LogP contribution is 2.45. The van der Waals surface area contributed by atoms with Crippen LogP contribution in [-0.2, 0) is 5.60 Å². The second-order valence-corrected chi connectivity index (χ2v) is 7.11. The van der Waals surface area contributed by atoms with Crippen molar-refractivity contribution in [2.24, 2.45) is 5.73 Å². The molecule has 2 aromatic heterocycles. The SMILES string of the molecule is NC(=O)N(c1ccccc1)[C@H](c1ccccc1)C(O)(c1cccnc1)c1cccnc1. The molecule has 31 heavy (non-hydrogen) atoms. The van der Waals surface area contributed by atoms with Crippen LogP contribution in [0.2, 0.25) is 0 Å². The summed E-state index contributed by atoms with van der Waals surface area (Å²) in [6.07, 6.45) is 6.45. The summed E-state index contributed by atoms with van der Waals surface area (Å²) >= 11 is 0. The van der Waals surface area contributed by atoms with Gasteiger partial charge in [0.15, 0.2) is 0 Å². The van der Waals surface area contributed by atoms with Crippen molar-refractivity contribution in [2.75, 3.05) is 4.90 Å². The predicted molar refractivity (Wildman–Crippen MR) is 119 cm³/mol. The van der Waals surface area contributed by atoms with Gasteiger partial charge in [0.25, 0.3) is 0 Å². The summed E-state index contributed by atoms with van der Waals surface area (Å²) in [6, 6.07) is 23.9. The Morgan fingerprint density at radius 1 is 0.806 bits per heavy atom. The minimum Gasteiger partial charge on any atom is -0.378 e. The first-order valence-corrected chi connectivity index (χ1v) is 9.84. The van der Waals surface area contributed by atoms with Gasteiger partial charge in [0.1, 0.15) is 11.6 Å². The third-order valence-corrected chi connectivity index (χ3v) is 5.24. The Morgan fingerprint density at radius 2 is 1.32 bits per heavy atom. The van der Waals surface area contributed by atoms with Gasteiger partial charge in [-0.25, -0.2) is 4.79 Å². The number of hydrogen-bond acceptors (Lipinski definition) is 4. The van der Waals surface area contributed by atoms with Gasteiger partial charge in [-0.3, -0.25) is 14.9 Å². The smallest absolute Gasteiger partial charge is 0.319 e. The van der Waals surface area contributed by atoms with E-state index in [1.807, 2.05) is 48.5 Å². The van der Waals surface area contributed by atoms with Crippen molar-refractivity contribution in [2.45, 2.75) is 11.6 Å². The van der Waals surface area contributed by atoms with E-state index >= 15 is 0 Å². The number of nitrogens with two attached hydrogens (primary N) is 1. The van der Waals surface area contributed by atoms with Crippen LogP contribution >= 0.6 is 0 Å². The Labute approximate surface area is 180 Å². The van der Waals surface area contributed by atoms with Crippen LogP contribution in [0, 0.1) is 0 Å². The molecule has 0 aliphatic heterocycles. The molecule has 0 saturated carbocycles. The molecule has 3 N–H and O–H groups in total. The minimum absolute atomic E-state index is 0.513. The van der Waals surface area contributed by atoms with Gasteiger partial charge in [-0.05, 0) is 29.8 Å². The molecule has 154 valence electrons. The van der Waals surface area contributed by atoms with Crippen LogP contribution < -0.4 is 10.6 Å². The normalized spacial score (nSPS) is 12.2. The highest BCUT2D eigenvalue weighted by atomic mass is 16.3. The predicted octanol–water partition coefficient (Wildman–Crippen LogP) is 4.04. The molecule has 0 aliphatic rings. The van der Waals surface area contributed by atoms with E-state index in [4.69, 9.17) is 5.73 Å². The number of aliphatic hydroxyl groups is 1. The topological polar surface area (TPSA) is 92.3 Å². The second-order valence-electron chi connectivity index (χ2n) is 7.11. The quantitative estimate of drug-likeness (QED) is 0.502. The highest BCUT2D eigenvalue weighted by molar-refractivity contribution is 5.92. The number of amides is 2. The maximum absolute atomic E-state index is 12.8. The summed E-state index contributed by atoms with van der Waals surface area (Å²) in [5, 5.41) is 12.4. The van der Waals surface area contributed by atoms with Crippen LogP contribution in [0.3, 0.4) is 0 Å². The molecular weight excluding hydrogens is 388 g/mol. The van der Waals surface area contributed by atoms with E-state index in [1.165, 1.54) is 4.90 Å². The van der Waals surface area contributed by atoms with Gasteiger partial charge in [0.05, 0.1) is 0 Å². The molecule has 0 unspecified atom stereocenters. The number of primary amides is 1. The van der Waals surface area contributed by atoms with Crippen molar-refractivity contribution in [1.82, 2.24) is 9.97 Å². The number of anilines is 1. The summed E-state index contributed by atoms with van der Waals surface area (Å²) < 4.78 is 0. The van der Waals surface area contributed by atoms with Gasteiger partial charge < -0.3 is 10.8 Å². The van der Waals surface area contributed by atoms with E-state index < -0.39 is 17.7 Å². The maximum Gasteiger partial charge on any atom is 0.319 e. The van der Waals surface area contributed by atoms with Gasteiger partial charge in [-0.2, -0.15) is 0 Å². The number of carbonyl (C=O) groups is 1. The molecule has 4 rings (SSSR count). The molecule has 0 radical (unpaired) electrons. The van der Waals surface area contributed by atoms with Gasteiger partial charge in [0.2, 0.25) is 0 Å². The first kappa shape index (κ1) is 20.3. The van der Waals surface area contributed by atoms with Crippen LogP contribution in [0.25, 0.3) is 0 Å². The molecule has 0 fully saturated rings. The lowest BCUT2D eigenvalue weighted by Crippen LogP contribution is -2.50. The summed E-state index contributed by atoms with van der Waals surface area (Å²) in [4.78, 5) is 22.7. The van der Waals surface area contributed by atoms with Crippen molar-refractivity contribution in [3.63, 3.8) is 0 Å². The molecular formula is C25H22N4O2. The molecule has 0 spiro atoms. The molecule has 2 heterocycles. The van der Waals surface area contributed by atoms with E-state index in [1.54, 1.807) is 61.2 Å². The summed E-state index contributed by atoms with van der Waals surface area (Å²) in [5.74, 6) is 0. The molecule has 4 aromatic rings. The minimum atomic E-state index is -1.69. The second kappa shape index (κ2) is 8.77. The number of aromatic nitrogens is 2. The number of urea groups is 1. The number of carbonyl (C=O) groups excluding carboxylic acids is 1. The van der Waals surface area contributed by atoms with Crippen LogP contribution in [0.15, 0.2) is 110 Å². The first-order valence-electron chi connectivity index (χ1n) is 9.84. The van der Waals surface area contributed by atoms with Crippen LogP contribution in [0.1, 0.15) is 22.7 Å². The average molecular weight is 410 g/mol. The van der Waals surface area contributed by atoms with Crippen molar-refractivity contribution < 1.29 is 9.90 Å². The Hall–Kier alpha value is -4.03. The lowest BCUT2D eigenvalue weighted by Gasteiger charge is -2.43. The van der Waals surface area contributed by atoms with E-state index in [0.717, 1.165) is 0 Å². The van der Waals surface area contributed by atoms with Crippen LogP contribution in [0.5, 0.6) is 0 Å². The van der Waals surface area contributed by atoms with Gasteiger partial charge >= 0.3 is 6.03 Å². The van der Waals surface area contributed by atoms with Crippen molar-refractivity contribution in [1.29, 1.82) is 0 Å². The number of nitrogens with zero attached hydrogens (tertiary/aromatic N) is 3. The number of rotatable bonds is 6. The number of benzene rings is 2. The summed E-state index contributed by atoms with van der Waals surface area (Å²) in [7, 11) is 0. The third kappa shape index (κ3) is 3.89. The van der Waals surface area contributed by atoms with Gasteiger partial charge in [0, 0.05) is 41.6 Å². The molecule has 1 atom stereocenters. The Balaban J connectivity index is 2.04. The largest absolute Gasteiger partial charge is 0.378 e. The lowest BCUT2D eigenvalue weighted by atomic mass is 9.77. The molecule has 6 nitrogen and oxygen atoms in total. The van der Waals surface area contributed by atoms with Crippen LogP contribution in [-0.4, -0.2) is 21.1 Å². The fourth-order valence-electron chi connectivity index (χ4n) is 3.86. The molecule has 6 heteroatoms. The Morgan fingerprint density at radius 3 is 1.77 bits per heavy atom. The maximum atomic E-state index is 12.8. The molecule has 2 aromatic carbocycles. The summed E-state index contributed by atoms with van der Waals surface area (Å²) in [5.41, 5.74) is 6.52. The monoisotopic (exact) mass is 410 g/mol. The van der Waals surface area contributed by atoms with Gasteiger partial charge in [-0.1, -0.05) is 60.7 Å². The zero-order valence-electron chi connectivity index (χ0n) is 16.7. The van der Waals surface area contributed by atoms with Gasteiger partial charge in [-0.15, -0.1) is 0 Å². The Bertz CT molecular complexity index is 1080. The van der Waals surface area contributed by atoms with Crippen LogP contribution in [0.4, 0.5) is 10.5 Å². The zero-order chi connectivity index (χ0) is 21.7. The number of hydrogen-bond donors (Lipinski definition) is 2. The van der Waals surface area contributed by atoms with E-state index in [9.17, 15) is 9.90 Å². The number of para-hydroxylation sites is 1. The van der Waals surface area contributed by atoms with E-state index in [-0.39, 0.29) is 0 Å². The standard InChI is InChI=1S/C25H22N4O2/c26-24(30)29(22-13-5-2-6-14-22)23(19-9-3-1-4-10-19)25(31,20-11-7-15-27-17-20)21-12-8-16-28-18-21/h1-18,23,31H,(H2,26,30)/t23-/m1/s1. The molecule has 0 bridgehead atoms. The first-order chi connectivity index (χ1) is 15.1. The van der Waals surface area contributed by atoms with Crippen molar-refractivity contribution in [3.05, 3.63) is 126 Å². The molecule has 2 amide bonds. The van der Waals surface area contributed by atoms with E-state index in [2.05, 4.69) is 9.97 Å². The highest BCUT2D eigenvalue weighted by Gasteiger charge is 2.46. The lowest BCUT2D eigenvalue weighted by molar-refractivity contribution is 0.0494. The van der Waals surface area contributed by atoms with Crippen molar-refractivity contribution >= 4 is 11.7 Å². The van der Waals surface area contributed by atoms with Crippen molar-refractivity contribution in [3.8, 4) is 0 Å². The Kier molecular flexibility index (Phi) is 5.73. The zero-order valence-corrected chi connectivity index (χ0v) is 16.7. The fourth-order valence-corrected chi connectivity index (χ4v) is 3.86. The van der Waals surface area contributed by atoms with E-state index in [0.29, 0.717) is 22.4 Å². The average Bonchev–Trinajstić information content (AvgIpc) is 2.84. The third-order valence-electron chi connectivity index (χ3n) is 5.24.